The highest BCUT2D eigenvalue weighted by Crippen LogP contribution is 2.32. The summed E-state index contributed by atoms with van der Waals surface area (Å²) in [6.07, 6.45) is 1.70. The summed E-state index contributed by atoms with van der Waals surface area (Å²) >= 11 is 0. The van der Waals surface area contributed by atoms with Crippen LogP contribution >= 0.6 is 0 Å². The number of hydrogen-bond acceptors (Lipinski definition) is 4. The molecule has 3 rings (SSSR count). The van der Waals surface area contributed by atoms with Crippen molar-refractivity contribution >= 4 is 27.3 Å². The molecule has 0 saturated heterocycles. The van der Waals surface area contributed by atoms with E-state index in [9.17, 15) is 13.2 Å². The number of carbonyl (C=O) groups is 1. The molecule has 1 heterocycles. The maximum atomic E-state index is 13.0. The number of anilines is 2. The van der Waals surface area contributed by atoms with Crippen molar-refractivity contribution in [3.8, 4) is 0 Å². The number of nitrogens with two attached hydrogens (primary N) is 1. The Morgan fingerprint density at radius 3 is 2.56 bits per heavy atom. The van der Waals surface area contributed by atoms with Crippen LogP contribution in [0.1, 0.15) is 36.2 Å². The summed E-state index contributed by atoms with van der Waals surface area (Å²) in [5.41, 5.74) is 9.03. The van der Waals surface area contributed by atoms with Crippen LogP contribution in [0.3, 0.4) is 0 Å². The number of rotatable bonds is 5. The molecule has 0 unspecified atom stereocenters. The number of sulfonamides is 1. The molecule has 0 radical (unpaired) electrons. The first-order chi connectivity index (χ1) is 12.8. The van der Waals surface area contributed by atoms with Crippen LogP contribution in [0.15, 0.2) is 47.4 Å². The highest BCUT2D eigenvalue weighted by atomic mass is 32.2. The third-order valence-corrected chi connectivity index (χ3v) is 6.06. The summed E-state index contributed by atoms with van der Waals surface area (Å²) in [5.74, 6) is 0.0628. The second-order valence-corrected chi connectivity index (χ2v) is 8.94. The SMILES string of the molecule is CC(C)CNS(=O)(=O)c1ccc(C(=O)N2CCCc3c(N)cccc32)cc1. The van der Waals surface area contributed by atoms with Crippen LogP contribution in [0.25, 0.3) is 0 Å². The smallest absolute Gasteiger partial charge is 0.258 e. The second kappa shape index (κ2) is 7.70. The number of carbonyl (C=O) groups excluding carboxylic acids is 1. The van der Waals surface area contributed by atoms with Gasteiger partial charge in [0.25, 0.3) is 5.91 Å². The van der Waals surface area contributed by atoms with Crippen LogP contribution < -0.4 is 15.4 Å². The van der Waals surface area contributed by atoms with Gasteiger partial charge < -0.3 is 10.6 Å². The molecule has 144 valence electrons. The number of nitrogen functional groups attached to an aromatic ring is 1. The number of nitrogens with zero attached hydrogens (tertiary/aromatic N) is 1. The minimum absolute atomic E-state index is 0.152. The van der Waals surface area contributed by atoms with E-state index in [1.807, 2.05) is 32.0 Å². The summed E-state index contributed by atoms with van der Waals surface area (Å²) in [7, 11) is -3.57. The number of hydrogen-bond donors (Lipinski definition) is 2. The fourth-order valence-corrected chi connectivity index (χ4v) is 4.37. The normalized spacial score (nSPS) is 14.3. The predicted octanol–water partition coefficient (Wildman–Crippen LogP) is 2.80. The summed E-state index contributed by atoms with van der Waals surface area (Å²) in [6.45, 7) is 4.86. The lowest BCUT2D eigenvalue weighted by molar-refractivity contribution is 0.0985. The topological polar surface area (TPSA) is 92.5 Å². The summed E-state index contributed by atoms with van der Waals surface area (Å²) in [4.78, 5) is 14.8. The Balaban J connectivity index is 1.83. The molecule has 0 saturated carbocycles. The Kier molecular flexibility index (Phi) is 5.53. The quantitative estimate of drug-likeness (QED) is 0.772. The van der Waals surface area contributed by atoms with E-state index in [-0.39, 0.29) is 16.7 Å². The molecule has 27 heavy (non-hydrogen) atoms. The Morgan fingerprint density at radius 1 is 1.19 bits per heavy atom. The molecule has 1 aliphatic rings. The minimum atomic E-state index is -3.57. The molecule has 0 atom stereocenters. The monoisotopic (exact) mass is 387 g/mol. The third kappa shape index (κ3) is 4.14. The largest absolute Gasteiger partial charge is 0.398 e. The van der Waals surface area contributed by atoms with Crippen molar-refractivity contribution in [1.29, 1.82) is 0 Å². The Morgan fingerprint density at radius 2 is 1.89 bits per heavy atom. The first-order valence-corrected chi connectivity index (χ1v) is 10.6. The van der Waals surface area contributed by atoms with Gasteiger partial charge in [-0.05, 0) is 60.7 Å². The van der Waals surface area contributed by atoms with Crippen molar-refractivity contribution in [1.82, 2.24) is 4.72 Å². The first-order valence-electron chi connectivity index (χ1n) is 9.08. The molecule has 1 aliphatic heterocycles. The highest BCUT2D eigenvalue weighted by Gasteiger charge is 2.25. The molecule has 0 aliphatic carbocycles. The van der Waals surface area contributed by atoms with Crippen LogP contribution in [0, 0.1) is 5.92 Å². The zero-order chi connectivity index (χ0) is 19.6. The van der Waals surface area contributed by atoms with Crippen LogP contribution in [-0.2, 0) is 16.4 Å². The van der Waals surface area contributed by atoms with E-state index in [2.05, 4.69) is 4.72 Å². The third-order valence-electron chi connectivity index (χ3n) is 4.63. The Hall–Kier alpha value is -2.38. The summed E-state index contributed by atoms with van der Waals surface area (Å²) in [5, 5.41) is 0. The van der Waals surface area contributed by atoms with Crippen LogP contribution in [-0.4, -0.2) is 27.4 Å². The van der Waals surface area contributed by atoms with Gasteiger partial charge in [-0.3, -0.25) is 4.79 Å². The van der Waals surface area contributed by atoms with Gasteiger partial charge in [0, 0.05) is 30.0 Å². The van der Waals surface area contributed by atoms with Gasteiger partial charge in [0.2, 0.25) is 10.0 Å². The predicted molar refractivity (Wildman–Crippen MR) is 107 cm³/mol. The van der Waals surface area contributed by atoms with Gasteiger partial charge in [-0.25, -0.2) is 13.1 Å². The van der Waals surface area contributed by atoms with E-state index < -0.39 is 10.0 Å². The molecule has 1 amide bonds. The van der Waals surface area contributed by atoms with Gasteiger partial charge in [0.05, 0.1) is 4.90 Å². The van der Waals surface area contributed by atoms with E-state index in [1.54, 1.807) is 17.0 Å². The zero-order valence-electron chi connectivity index (χ0n) is 15.6. The van der Waals surface area contributed by atoms with Gasteiger partial charge in [-0.1, -0.05) is 19.9 Å². The maximum Gasteiger partial charge on any atom is 0.258 e. The number of benzene rings is 2. The van der Waals surface area contributed by atoms with E-state index in [0.29, 0.717) is 24.3 Å². The summed E-state index contributed by atoms with van der Waals surface area (Å²) < 4.78 is 27.2. The molecule has 3 N–H and O–H groups in total. The first kappa shape index (κ1) is 19.4. The molecule has 0 spiro atoms. The zero-order valence-corrected chi connectivity index (χ0v) is 16.4. The fraction of sp³-hybridized carbons (Fsp3) is 0.350. The molecular formula is C20H25N3O3S. The second-order valence-electron chi connectivity index (χ2n) is 7.18. The van der Waals surface area contributed by atoms with Crippen LogP contribution in [0.2, 0.25) is 0 Å². The molecule has 0 fully saturated rings. The van der Waals surface area contributed by atoms with E-state index in [1.165, 1.54) is 12.1 Å². The lowest BCUT2D eigenvalue weighted by Crippen LogP contribution is -2.35. The van der Waals surface area contributed by atoms with Crippen molar-refractivity contribution in [2.24, 2.45) is 5.92 Å². The average molecular weight is 388 g/mol. The lowest BCUT2D eigenvalue weighted by atomic mass is 9.99. The highest BCUT2D eigenvalue weighted by molar-refractivity contribution is 7.89. The van der Waals surface area contributed by atoms with Crippen molar-refractivity contribution in [3.63, 3.8) is 0 Å². The number of amides is 1. The number of fused-ring (bicyclic) bond motifs is 1. The van der Waals surface area contributed by atoms with Gasteiger partial charge in [0.1, 0.15) is 0 Å². The van der Waals surface area contributed by atoms with E-state index in [0.717, 1.165) is 24.1 Å². The fourth-order valence-electron chi connectivity index (χ4n) is 3.15. The van der Waals surface area contributed by atoms with E-state index in [4.69, 9.17) is 5.73 Å². The molecular weight excluding hydrogens is 362 g/mol. The van der Waals surface area contributed by atoms with Gasteiger partial charge in [-0.15, -0.1) is 0 Å². The van der Waals surface area contributed by atoms with Gasteiger partial charge in [-0.2, -0.15) is 0 Å². The van der Waals surface area contributed by atoms with Gasteiger partial charge >= 0.3 is 0 Å². The van der Waals surface area contributed by atoms with Gasteiger partial charge in [0.15, 0.2) is 0 Å². The standard InChI is InChI=1S/C20H25N3O3S/c1-14(2)13-22-27(25,26)16-10-8-15(9-11-16)20(24)23-12-4-5-17-18(21)6-3-7-19(17)23/h3,6-11,14,22H,4-5,12-13,21H2,1-2H3. The van der Waals surface area contributed by atoms with Crippen LogP contribution in [0.5, 0.6) is 0 Å². The van der Waals surface area contributed by atoms with Crippen molar-refractivity contribution in [3.05, 3.63) is 53.6 Å². The van der Waals surface area contributed by atoms with E-state index >= 15 is 0 Å². The molecule has 2 aromatic rings. The minimum Gasteiger partial charge on any atom is -0.398 e. The Bertz CT molecular complexity index is 937. The maximum absolute atomic E-state index is 13.0. The average Bonchev–Trinajstić information content (AvgIpc) is 2.66. The van der Waals surface area contributed by atoms with Crippen molar-refractivity contribution in [2.75, 3.05) is 23.7 Å². The van der Waals surface area contributed by atoms with Crippen LogP contribution in [0.4, 0.5) is 11.4 Å². The number of nitrogens with one attached hydrogen (secondary N) is 1. The Labute approximate surface area is 160 Å². The molecule has 0 bridgehead atoms. The molecule has 6 nitrogen and oxygen atoms in total. The van der Waals surface area contributed by atoms with Crippen molar-refractivity contribution in [2.45, 2.75) is 31.6 Å². The van der Waals surface area contributed by atoms with Crippen molar-refractivity contribution < 1.29 is 13.2 Å². The molecule has 2 aromatic carbocycles. The lowest BCUT2D eigenvalue weighted by Gasteiger charge is -2.30. The summed E-state index contributed by atoms with van der Waals surface area (Å²) in [6, 6.07) is 11.7. The molecule has 7 heteroatoms. The molecule has 0 aromatic heterocycles.